The first-order valence-corrected chi connectivity index (χ1v) is 7.99. The molecule has 2 aromatic carbocycles. The number of para-hydroxylation sites is 1. The molecule has 0 aliphatic heterocycles. The second-order valence-corrected chi connectivity index (χ2v) is 5.42. The van der Waals surface area contributed by atoms with Crippen molar-refractivity contribution in [2.75, 3.05) is 16.8 Å². The van der Waals surface area contributed by atoms with E-state index in [1.807, 2.05) is 37.3 Å². The molecule has 0 atom stereocenters. The lowest BCUT2D eigenvalue weighted by molar-refractivity contribution is 0.0983. The minimum Gasteiger partial charge on any atom is -0.337 e. The van der Waals surface area contributed by atoms with Gasteiger partial charge < -0.3 is 10.2 Å². The van der Waals surface area contributed by atoms with Crippen molar-refractivity contribution < 1.29 is 13.6 Å². The van der Waals surface area contributed by atoms with Gasteiger partial charge in [0.2, 0.25) is 0 Å². The molecule has 132 valence electrons. The number of aromatic nitrogens is 2. The van der Waals surface area contributed by atoms with Gasteiger partial charge in [-0.15, -0.1) is 0 Å². The van der Waals surface area contributed by atoms with Gasteiger partial charge in [0, 0.05) is 18.3 Å². The maximum Gasteiger partial charge on any atom is 0.278 e. The summed E-state index contributed by atoms with van der Waals surface area (Å²) in [4.78, 5) is 22.4. The molecule has 0 saturated carbocycles. The third-order valence-corrected chi connectivity index (χ3v) is 3.69. The maximum absolute atomic E-state index is 13.7. The Morgan fingerprint density at radius 3 is 2.46 bits per heavy atom. The van der Waals surface area contributed by atoms with Gasteiger partial charge in [-0.05, 0) is 31.2 Å². The molecular weight excluding hydrogens is 338 g/mol. The second-order valence-electron chi connectivity index (χ2n) is 5.42. The monoisotopic (exact) mass is 354 g/mol. The van der Waals surface area contributed by atoms with E-state index in [2.05, 4.69) is 15.3 Å². The standard InChI is InChI=1S/C19H16F2N4O/c1-2-25(14-6-4-3-5-7-14)19(26)17-11-23-18(12-22-17)24-16-9-8-13(20)10-15(16)21/h3-12H,2H2,1H3,(H,23,24). The largest absolute Gasteiger partial charge is 0.337 e. The fourth-order valence-electron chi connectivity index (χ4n) is 2.42. The molecule has 0 saturated heterocycles. The quantitative estimate of drug-likeness (QED) is 0.747. The van der Waals surface area contributed by atoms with Crippen LogP contribution in [0.4, 0.5) is 26.0 Å². The fraction of sp³-hybridized carbons (Fsp3) is 0.105. The Hall–Kier alpha value is -3.35. The fourth-order valence-corrected chi connectivity index (χ4v) is 2.42. The first kappa shape index (κ1) is 17.5. The van der Waals surface area contributed by atoms with Crippen LogP contribution in [0.5, 0.6) is 0 Å². The van der Waals surface area contributed by atoms with Crippen molar-refractivity contribution in [1.29, 1.82) is 0 Å². The Kier molecular flexibility index (Phi) is 5.17. The molecule has 0 fully saturated rings. The molecule has 1 aromatic heterocycles. The van der Waals surface area contributed by atoms with Gasteiger partial charge in [-0.2, -0.15) is 0 Å². The van der Waals surface area contributed by atoms with Gasteiger partial charge in [0.1, 0.15) is 23.1 Å². The van der Waals surface area contributed by atoms with Crippen molar-refractivity contribution in [3.63, 3.8) is 0 Å². The van der Waals surface area contributed by atoms with E-state index in [4.69, 9.17) is 0 Å². The van der Waals surface area contributed by atoms with Crippen LogP contribution in [0.25, 0.3) is 0 Å². The van der Waals surface area contributed by atoms with E-state index < -0.39 is 11.6 Å². The molecule has 1 amide bonds. The van der Waals surface area contributed by atoms with Crippen molar-refractivity contribution in [2.24, 2.45) is 0 Å². The van der Waals surface area contributed by atoms with E-state index in [1.54, 1.807) is 4.90 Å². The summed E-state index contributed by atoms with van der Waals surface area (Å²) in [6, 6.07) is 12.4. The van der Waals surface area contributed by atoms with Gasteiger partial charge in [-0.1, -0.05) is 18.2 Å². The molecule has 1 heterocycles. The smallest absolute Gasteiger partial charge is 0.278 e. The van der Waals surface area contributed by atoms with Crippen LogP contribution >= 0.6 is 0 Å². The Morgan fingerprint density at radius 1 is 1.08 bits per heavy atom. The normalized spacial score (nSPS) is 10.4. The summed E-state index contributed by atoms with van der Waals surface area (Å²) in [5.74, 6) is -1.45. The van der Waals surface area contributed by atoms with Crippen LogP contribution in [0.1, 0.15) is 17.4 Å². The topological polar surface area (TPSA) is 58.1 Å². The van der Waals surface area contributed by atoms with Crippen molar-refractivity contribution in [3.8, 4) is 0 Å². The average molecular weight is 354 g/mol. The number of halogens is 2. The predicted molar refractivity (Wildman–Crippen MR) is 95.5 cm³/mol. The zero-order chi connectivity index (χ0) is 18.5. The number of hydrogen-bond donors (Lipinski definition) is 1. The summed E-state index contributed by atoms with van der Waals surface area (Å²) < 4.78 is 26.6. The lowest BCUT2D eigenvalue weighted by atomic mass is 10.2. The maximum atomic E-state index is 13.7. The highest BCUT2D eigenvalue weighted by molar-refractivity contribution is 6.04. The number of benzene rings is 2. The summed E-state index contributed by atoms with van der Waals surface area (Å²) in [6.07, 6.45) is 2.65. The molecule has 0 radical (unpaired) electrons. The molecule has 7 heteroatoms. The van der Waals surface area contributed by atoms with E-state index in [1.165, 1.54) is 18.5 Å². The molecule has 5 nitrogen and oxygen atoms in total. The number of carbonyl (C=O) groups excluding carboxylic acids is 1. The highest BCUT2D eigenvalue weighted by Crippen LogP contribution is 2.20. The van der Waals surface area contributed by atoms with Crippen molar-refractivity contribution in [1.82, 2.24) is 9.97 Å². The van der Waals surface area contributed by atoms with Gasteiger partial charge in [0.25, 0.3) is 5.91 Å². The SMILES string of the molecule is CCN(C(=O)c1cnc(Nc2ccc(F)cc2F)cn1)c1ccccc1. The highest BCUT2D eigenvalue weighted by atomic mass is 19.1. The molecular formula is C19H16F2N4O. The summed E-state index contributed by atoms with van der Waals surface area (Å²) in [5, 5.41) is 2.70. The first-order chi connectivity index (χ1) is 12.6. The van der Waals surface area contributed by atoms with Crippen LogP contribution < -0.4 is 10.2 Å². The Balaban J connectivity index is 1.77. The van der Waals surface area contributed by atoms with Gasteiger partial charge in [-0.3, -0.25) is 4.79 Å². The number of hydrogen-bond acceptors (Lipinski definition) is 4. The van der Waals surface area contributed by atoms with Crippen molar-refractivity contribution in [3.05, 3.63) is 78.3 Å². The van der Waals surface area contributed by atoms with Crippen LogP contribution in [0.15, 0.2) is 60.9 Å². The molecule has 26 heavy (non-hydrogen) atoms. The van der Waals surface area contributed by atoms with E-state index in [9.17, 15) is 13.6 Å². The van der Waals surface area contributed by atoms with Crippen LogP contribution in [-0.2, 0) is 0 Å². The zero-order valence-electron chi connectivity index (χ0n) is 14.0. The number of anilines is 3. The number of rotatable bonds is 5. The Morgan fingerprint density at radius 2 is 1.85 bits per heavy atom. The van der Waals surface area contributed by atoms with Crippen LogP contribution in [-0.4, -0.2) is 22.4 Å². The number of carbonyl (C=O) groups is 1. The zero-order valence-corrected chi connectivity index (χ0v) is 14.0. The molecule has 3 aromatic rings. The number of amides is 1. The average Bonchev–Trinajstić information content (AvgIpc) is 2.66. The molecule has 1 N–H and O–H groups in total. The minimum absolute atomic E-state index is 0.0687. The molecule has 0 aliphatic carbocycles. The second kappa shape index (κ2) is 7.69. The molecule has 0 bridgehead atoms. The Bertz CT molecular complexity index is 901. The molecule has 0 unspecified atom stereocenters. The van der Waals surface area contributed by atoms with Crippen molar-refractivity contribution >= 4 is 23.1 Å². The van der Waals surface area contributed by atoms with Crippen LogP contribution in [0.2, 0.25) is 0 Å². The Labute approximate surface area is 149 Å². The van der Waals surface area contributed by atoms with Gasteiger partial charge in [0.05, 0.1) is 18.1 Å². The number of nitrogens with one attached hydrogen (secondary N) is 1. The molecule has 3 rings (SSSR count). The summed E-state index contributed by atoms with van der Waals surface area (Å²) >= 11 is 0. The van der Waals surface area contributed by atoms with Crippen LogP contribution in [0, 0.1) is 11.6 Å². The summed E-state index contributed by atoms with van der Waals surface area (Å²) in [6.45, 7) is 2.34. The lowest BCUT2D eigenvalue weighted by Gasteiger charge is -2.20. The highest BCUT2D eigenvalue weighted by Gasteiger charge is 2.17. The third kappa shape index (κ3) is 3.83. The third-order valence-electron chi connectivity index (χ3n) is 3.69. The summed E-state index contributed by atoms with van der Waals surface area (Å²) in [7, 11) is 0. The molecule has 0 spiro atoms. The van der Waals surface area contributed by atoms with Gasteiger partial charge in [-0.25, -0.2) is 18.7 Å². The minimum atomic E-state index is -0.742. The van der Waals surface area contributed by atoms with Gasteiger partial charge >= 0.3 is 0 Å². The van der Waals surface area contributed by atoms with Gasteiger partial charge in [0.15, 0.2) is 0 Å². The van der Waals surface area contributed by atoms with E-state index >= 15 is 0 Å². The van der Waals surface area contributed by atoms with E-state index in [-0.39, 0.29) is 23.1 Å². The van der Waals surface area contributed by atoms with E-state index in [0.29, 0.717) is 6.54 Å². The predicted octanol–water partition coefficient (Wildman–Crippen LogP) is 4.17. The lowest BCUT2D eigenvalue weighted by Crippen LogP contribution is -2.31. The molecule has 0 aliphatic rings. The van der Waals surface area contributed by atoms with E-state index in [0.717, 1.165) is 17.8 Å². The van der Waals surface area contributed by atoms with Crippen molar-refractivity contribution in [2.45, 2.75) is 6.92 Å². The first-order valence-electron chi connectivity index (χ1n) is 7.99. The number of nitrogens with zero attached hydrogens (tertiary/aromatic N) is 3. The summed E-state index contributed by atoms with van der Waals surface area (Å²) in [5.41, 5.74) is 0.998. The van der Waals surface area contributed by atoms with Crippen LogP contribution in [0.3, 0.4) is 0 Å².